The van der Waals surface area contributed by atoms with E-state index in [1.165, 1.54) is 18.8 Å². The Bertz CT molecular complexity index is 416. The van der Waals surface area contributed by atoms with Crippen molar-refractivity contribution in [3.8, 4) is 0 Å². The van der Waals surface area contributed by atoms with Gasteiger partial charge in [0.2, 0.25) is 0 Å². The highest BCUT2D eigenvalue weighted by Crippen LogP contribution is 2.28. The van der Waals surface area contributed by atoms with E-state index in [0.29, 0.717) is 16.7 Å². The summed E-state index contributed by atoms with van der Waals surface area (Å²) in [5.41, 5.74) is 1.62. The van der Waals surface area contributed by atoms with Crippen LogP contribution in [0.2, 0.25) is 0 Å². The summed E-state index contributed by atoms with van der Waals surface area (Å²) in [7, 11) is 0. The topological polar surface area (TPSA) is 35.5 Å². The van der Waals surface area contributed by atoms with Crippen LogP contribution in [0.15, 0.2) is 47.8 Å². The molecule has 2 aliphatic rings. The molecule has 1 aliphatic carbocycles. The Morgan fingerprint density at radius 1 is 1.44 bits per heavy atom. The molecule has 0 aromatic rings. The van der Waals surface area contributed by atoms with Gasteiger partial charge in [0, 0.05) is 11.1 Å². The van der Waals surface area contributed by atoms with Crippen molar-refractivity contribution in [1.29, 1.82) is 0 Å². The molecule has 1 heterocycles. The van der Waals surface area contributed by atoms with E-state index in [9.17, 15) is 4.79 Å². The smallest absolute Gasteiger partial charge is 0.173 e. The minimum atomic E-state index is 0.0602. The summed E-state index contributed by atoms with van der Waals surface area (Å²) in [6.07, 6.45) is 10.0. The molecular formula is C12H11BrO3. The lowest BCUT2D eigenvalue weighted by Crippen LogP contribution is -2.10. The van der Waals surface area contributed by atoms with Gasteiger partial charge in [-0.1, -0.05) is 28.1 Å². The van der Waals surface area contributed by atoms with Gasteiger partial charge in [0.1, 0.15) is 18.8 Å². The van der Waals surface area contributed by atoms with Gasteiger partial charge in [-0.2, -0.15) is 0 Å². The second kappa shape index (κ2) is 5.16. The van der Waals surface area contributed by atoms with Gasteiger partial charge in [0.05, 0.1) is 5.33 Å². The fourth-order valence-electron chi connectivity index (χ4n) is 1.66. The summed E-state index contributed by atoms with van der Waals surface area (Å²) < 4.78 is 10.4. The van der Waals surface area contributed by atoms with E-state index in [4.69, 9.17) is 9.47 Å². The average Bonchev–Trinajstić information content (AvgIpc) is 2.39. The highest BCUT2D eigenvalue weighted by molar-refractivity contribution is 9.09. The number of ketones is 1. The molecule has 2 rings (SSSR count). The molecule has 0 spiro atoms. The normalized spacial score (nSPS) is 18.9. The number of ether oxygens (including phenoxy) is 2. The third kappa shape index (κ3) is 2.27. The van der Waals surface area contributed by atoms with E-state index in [0.717, 1.165) is 18.4 Å². The number of hydrogen-bond donors (Lipinski definition) is 0. The van der Waals surface area contributed by atoms with E-state index in [2.05, 4.69) is 15.9 Å². The number of carbonyl (C=O) groups excluding carboxylic acids is 1. The predicted octanol–water partition coefficient (Wildman–Crippen LogP) is 2.96. The molecule has 16 heavy (non-hydrogen) atoms. The number of halogens is 1. The van der Waals surface area contributed by atoms with Gasteiger partial charge < -0.3 is 9.47 Å². The third-order valence-electron chi connectivity index (χ3n) is 2.39. The van der Waals surface area contributed by atoms with Crippen LogP contribution < -0.4 is 0 Å². The zero-order chi connectivity index (χ0) is 11.4. The van der Waals surface area contributed by atoms with Crippen LogP contribution in [-0.2, 0) is 14.3 Å². The van der Waals surface area contributed by atoms with Crippen LogP contribution in [0.25, 0.3) is 0 Å². The maximum absolute atomic E-state index is 11.7. The van der Waals surface area contributed by atoms with Crippen molar-refractivity contribution >= 4 is 21.7 Å². The zero-order valence-corrected chi connectivity index (χ0v) is 10.2. The molecule has 0 aromatic carbocycles. The highest BCUT2D eigenvalue weighted by atomic mass is 79.9. The lowest BCUT2D eigenvalue weighted by molar-refractivity contribution is -0.112. The Balaban J connectivity index is 2.33. The minimum Gasteiger partial charge on any atom is -0.466 e. The van der Waals surface area contributed by atoms with Crippen molar-refractivity contribution in [2.24, 2.45) is 0 Å². The predicted molar refractivity (Wildman–Crippen MR) is 63.6 cm³/mol. The first-order chi connectivity index (χ1) is 7.83. The lowest BCUT2D eigenvalue weighted by Gasteiger charge is -2.18. The quantitative estimate of drug-likeness (QED) is 0.747. The van der Waals surface area contributed by atoms with E-state index in [1.54, 1.807) is 0 Å². The number of allylic oxidation sites excluding steroid dienone is 4. The summed E-state index contributed by atoms with van der Waals surface area (Å²) in [5, 5.41) is 0.320. The maximum atomic E-state index is 11.7. The van der Waals surface area contributed by atoms with Crippen molar-refractivity contribution in [3.63, 3.8) is 0 Å². The van der Waals surface area contributed by atoms with E-state index < -0.39 is 0 Å². The number of alkyl halides is 1. The molecule has 0 aromatic heterocycles. The van der Waals surface area contributed by atoms with Crippen LogP contribution >= 0.6 is 15.9 Å². The number of hydrogen-bond acceptors (Lipinski definition) is 3. The van der Waals surface area contributed by atoms with Crippen molar-refractivity contribution in [2.75, 3.05) is 5.33 Å². The second-order valence-electron chi connectivity index (χ2n) is 3.40. The second-order valence-corrected chi connectivity index (χ2v) is 3.96. The summed E-state index contributed by atoms with van der Waals surface area (Å²) in [6, 6.07) is 0. The van der Waals surface area contributed by atoms with Gasteiger partial charge in [0.15, 0.2) is 11.5 Å². The minimum absolute atomic E-state index is 0.0602. The van der Waals surface area contributed by atoms with Gasteiger partial charge in [-0.05, 0) is 12.8 Å². The van der Waals surface area contributed by atoms with Gasteiger partial charge in [-0.3, -0.25) is 4.79 Å². The number of rotatable bonds is 3. The summed E-state index contributed by atoms with van der Waals surface area (Å²) in [5.74, 6) is 0.682. The molecule has 0 bridgehead atoms. The van der Waals surface area contributed by atoms with Crippen molar-refractivity contribution in [3.05, 3.63) is 47.8 Å². The van der Waals surface area contributed by atoms with Gasteiger partial charge in [-0.25, -0.2) is 0 Å². The Morgan fingerprint density at radius 2 is 2.31 bits per heavy atom. The van der Waals surface area contributed by atoms with Crippen LogP contribution in [0.4, 0.5) is 0 Å². The first-order valence-electron chi connectivity index (χ1n) is 4.99. The third-order valence-corrected chi connectivity index (χ3v) is 2.90. The number of carbonyl (C=O) groups is 1. The first-order valence-corrected chi connectivity index (χ1v) is 6.11. The van der Waals surface area contributed by atoms with E-state index in [1.807, 2.05) is 12.2 Å². The summed E-state index contributed by atoms with van der Waals surface area (Å²) >= 11 is 3.18. The molecule has 0 atom stereocenters. The van der Waals surface area contributed by atoms with Gasteiger partial charge in [0.25, 0.3) is 0 Å². The molecule has 0 fully saturated rings. The Morgan fingerprint density at radius 3 is 3.00 bits per heavy atom. The monoisotopic (exact) mass is 282 g/mol. The number of Topliss-reactive ketones (excluding diaryl/α,β-unsaturated/α-hetero) is 1. The molecule has 4 heteroatoms. The van der Waals surface area contributed by atoms with Crippen LogP contribution in [0.1, 0.15) is 12.8 Å². The van der Waals surface area contributed by atoms with Crippen molar-refractivity contribution < 1.29 is 14.3 Å². The van der Waals surface area contributed by atoms with Crippen LogP contribution in [0.3, 0.4) is 0 Å². The van der Waals surface area contributed by atoms with Gasteiger partial charge in [-0.15, -0.1) is 0 Å². The molecule has 84 valence electrons. The van der Waals surface area contributed by atoms with E-state index >= 15 is 0 Å². The first kappa shape index (κ1) is 11.2. The largest absolute Gasteiger partial charge is 0.466 e. The average molecular weight is 283 g/mol. The molecule has 0 saturated heterocycles. The van der Waals surface area contributed by atoms with Crippen LogP contribution in [0.5, 0.6) is 0 Å². The molecule has 1 aliphatic heterocycles. The van der Waals surface area contributed by atoms with Crippen LogP contribution in [-0.4, -0.2) is 11.1 Å². The Kier molecular flexibility index (Phi) is 3.62. The standard InChI is InChI=1S/C12H11BrO3/c13-7-11(14)9-3-1-2-4-10(9)12-8-15-5-6-16-12/h1,3,5-6,8H,2,4,7H2. The molecular weight excluding hydrogens is 272 g/mol. The molecule has 0 unspecified atom stereocenters. The molecule has 0 amide bonds. The van der Waals surface area contributed by atoms with Crippen molar-refractivity contribution in [1.82, 2.24) is 0 Å². The van der Waals surface area contributed by atoms with E-state index in [-0.39, 0.29) is 5.78 Å². The molecule has 0 N–H and O–H groups in total. The fourth-order valence-corrected chi connectivity index (χ4v) is 1.96. The SMILES string of the molecule is O=C(CBr)C1=C(C2=COC=CO2)CCC=C1. The Hall–Kier alpha value is -1.29. The molecule has 3 nitrogen and oxygen atoms in total. The summed E-state index contributed by atoms with van der Waals surface area (Å²) in [4.78, 5) is 11.7. The maximum Gasteiger partial charge on any atom is 0.173 e. The lowest BCUT2D eigenvalue weighted by atomic mass is 9.94. The highest BCUT2D eigenvalue weighted by Gasteiger charge is 2.19. The Labute approximate surface area is 102 Å². The zero-order valence-electron chi connectivity index (χ0n) is 8.61. The molecule has 0 radical (unpaired) electrons. The van der Waals surface area contributed by atoms with Crippen LogP contribution in [0, 0.1) is 0 Å². The summed E-state index contributed by atoms with van der Waals surface area (Å²) in [6.45, 7) is 0. The fraction of sp³-hybridized carbons (Fsp3) is 0.250. The van der Waals surface area contributed by atoms with Gasteiger partial charge >= 0.3 is 0 Å². The van der Waals surface area contributed by atoms with Crippen molar-refractivity contribution in [2.45, 2.75) is 12.8 Å². The molecule has 0 saturated carbocycles.